The number of methoxy groups -OCH3 is 1. The second kappa shape index (κ2) is 8.23. The molecule has 0 unspecified atom stereocenters. The van der Waals surface area contributed by atoms with Crippen molar-refractivity contribution in [1.29, 1.82) is 0 Å². The van der Waals surface area contributed by atoms with Gasteiger partial charge in [0.05, 0.1) is 22.2 Å². The number of nitrogens with zero attached hydrogens (tertiary/aromatic N) is 3. The fraction of sp³-hybridized carbons (Fsp3) is 0.333. The monoisotopic (exact) mass is 445 g/mol. The molecular formula is C21H23N3O4S2. The minimum atomic E-state index is -3.69. The van der Waals surface area contributed by atoms with Gasteiger partial charge in [0.1, 0.15) is 11.5 Å². The van der Waals surface area contributed by atoms with Crippen LogP contribution in [0.25, 0.3) is 10.2 Å². The Bertz CT molecular complexity index is 1160. The van der Waals surface area contributed by atoms with Crippen molar-refractivity contribution < 1.29 is 17.9 Å². The van der Waals surface area contributed by atoms with E-state index in [1.54, 1.807) is 28.4 Å². The molecule has 7 nitrogen and oxygen atoms in total. The smallest absolute Gasteiger partial charge is 0.238 e. The van der Waals surface area contributed by atoms with E-state index in [0.29, 0.717) is 31.9 Å². The molecule has 1 aromatic heterocycles. The maximum atomic E-state index is 12.6. The summed E-state index contributed by atoms with van der Waals surface area (Å²) < 4.78 is 31.4. The molecule has 2 heterocycles. The summed E-state index contributed by atoms with van der Waals surface area (Å²) in [4.78, 5) is 21.3. The number of thiazole rings is 1. The number of para-hydroxylation sites is 1. The van der Waals surface area contributed by atoms with Gasteiger partial charge in [0.2, 0.25) is 5.91 Å². The van der Waals surface area contributed by atoms with Crippen LogP contribution < -0.4 is 9.64 Å². The highest BCUT2D eigenvalue weighted by Crippen LogP contribution is 2.31. The molecule has 0 aliphatic carbocycles. The highest BCUT2D eigenvalue weighted by Gasteiger charge is 2.27. The van der Waals surface area contributed by atoms with E-state index in [4.69, 9.17) is 9.72 Å². The van der Waals surface area contributed by atoms with E-state index in [1.807, 2.05) is 19.1 Å². The number of aromatic nitrogens is 1. The lowest BCUT2D eigenvalue weighted by molar-refractivity contribution is -0.128. The number of piperazine rings is 1. The van der Waals surface area contributed by atoms with E-state index in [-0.39, 0.29) is 10.8 Å². The molecule has 1 amide bonds. The van der Waals surface area contributed by atoms with Crippen LogP contribution in [-0.2, 0) is 14.6 Å². The average Bonchev–Trinajstić information content (AvgIpc) is 3.19. The molecule has 1 aliphatic heterocycles. The van der Waals surface area contributed by atoms with Crippen LogP contribution in [-0.4, -0.2) is 63.3 Å². The zero-order valence-corrected chi connectivity index (χ0v) is 18.5. The minimum Gasteiger partial charge on any atom is -0.497 e. The highest BCUT2D eigenvalue weighted by molar-refractivity contribution is 7.92. The molecular weight excluding hydrogens is 422 g/mol. The predicted molar refractivity (Wildman–Crippen MR) is 118 cm³/mol. The summed E-state index contributed by atoms with van der Waals surface area (Å²) in [6, 6.07) is 12.2. The second-order valence-corrected chi connectivity index (χ2v) is 10.2. The first-order valence-electron chi connectivity index (χ1n) is 9.63. The minimum absolute atomic E-state index is 0.125. The Labute approximate surface area is 179 Å². The van der Waals surface area contributed by atoms with Crippen molar-refractivity contribution >= 4 is 42.4 Å². The quantitative estimate of drug-likeness (QED) is 0.601. The van der Waals surface area contributed by atoms with Crippen molar-refractivity contribution in [2.24, 2.45) is 0 Å². The van der Waals surface area contributed by atoms with Gasteiger partial charge in [-0.05, 0) is 42.8 Å². The number of carbonyl (C=O) groups is 1. The predicted octanol–water partition coefficient (Wildman–Crippen LogP) is 2.74. The molecule has 0 bridgehead atoms. The summed E-state index contributed by atoms with van der Waals surface area (Å²) in [7, 11) is -2.18. The van der Waals surface area contributed by atoms with Gasteiger partial charge in [-0.1, -0.05) is 23.5 Å². The molecule has 30 heavy (non-hydrogen) atoms. The lowest BCUT2D eigenvalue weighted by atomic mass is 10.2. The number of anilines is 1. The van der Waals surface area contributed by atoms with Gasteiger partial charge in [-0.3, -0.25) is 4.79 Å². The summed E-state index contributed by atoms with van der Waals surface area (Å²) in [5.41, 5.74) is 2.16. The number of aryl methyl sites for hydroxylation is 1. The van der Waals surface area contributed by atoms with Crippen LogP contribution in [0, 0.1) is 6.92 Å². The molecule has 0 saturated carbocycles. The van der Waals surface area contributed by atoms with Crippen molar-refractivity contribution in [3.63, 3.8) is 0 Å². The lowest BCUT2D eigenvalue weighted by Crippen LogP contribution is -2.50. The molecule has 1 aliphatic rings. The van der Waals surface area contributed by atoms with Crippen molar-refractivity contribution in [3.8, 4) is 5.75 Å². The van der Waals surface area contributed by atoms with Crippen molar-refractivity contribution in [3.05, 3.63) is 48.0 Å². The fourth-order valence-corrected chi connectivity index (χ4v) is 5.80. The van der Waals surface area contributed by atoms with Gasteiger partial charge in [-0.25, -0.2) is 13.4 Å². The topological polar surface area (TPSA) is 79.8 Å². The summed E-state index contributed by atoms with van der Waals surface area (Å²) >= 11 is 1.64. The van der Waals surface area contributed by atoms with Gasteiger partial charge in [-0.15, -0.1) is 0 Å². The molecule has 4 rings (SSSR count). The summed E-state index contributed by atoms with van der Waals surface area (Å²) in [5.74, 6) is -0.327. The first-order valence-corrected chi connectivity index (χ1v) is 12.1. The molecule has 0 N–H and O–H groups in total. The highest BCUT2D eigenvalue weighted by atomic mass is 32.2. The van der Waals surface area contributed by atoms with Crippen LogP contribution in [0.15, 0.2) is 47.4 Å². The van der Waals surface area contributed by atoms with Crippen molar-refractivity contribution in [1.82, 2.24) is 9.88 Å². The molecule has 1 saturated heterocycles. The van der Waals surface area contributed by atoms with E-state index in [2.05, 4.69) is 11.0 Å². The first kappa shape index (κ1) is 20.6. The van der Waals surface area contributed by atoms with Gasteiger partial charge >= 0.3 is 0 Å². The molecule has 158 valence electrons. The molecule has 0 radical (unpaired) electrons. The number of ether oxygens (including phenoxy) is 1. The van der Waals surface area contributed by atoms with Crippen molar-refractivity contribution in [2.45, 2.75) is 11.8 Å². The third-order valence-electron chi connectivity index (χ3n) is 5.24. The van der Waals surface area contributed by atoms with Crippen LogP contribution in [0.3, 0.4) is 0 Å². The van der Waals surface area contributed by atoms with E-state index >= 15 is 0 Å². The standard InChI is InChI=1S/C21H23N3O4S2/c1-15-4-3-5-18-20(15)22-21(29-18)24-12-10-23(11-13-24)19(25)14-30(26,27)17-8-6-16(28-2)7-9-17/h3-9H,10-14H2,1-2H3. The second-order valence-electron chi connectivity index (χ2n) is 7.22. The Balaban J connectivity index is 1.39. The number of rotatable bonds is 5. The van der Waals surface area contributed by atoms with Gasteiger partial charge in [0.25, 0.3) is 0 Å². The van der Waals surface area contributed by atoms with Crippen LogP contribution in [0.1, 0.15) is 5.56 Å². The first-order chi connectivity index (χ1) is 14.4. The number of hydrogen-bond donors (Lipinski definition) is 0. The maximum Gasteiger partial charge on any atom is 0.238 e. The third kappa shape index (κ3) is 4.13. The number of fused-ring (bicyclic) bond motifs is 1. The van der Waals surface area contributed by atoms with Crippen LogP contribution in [0.5, 0.6) is 5.75 Å². The Morgan fingerprint density at radius 3 is 2.43 bits per heavy atom. The Morgan fingerprint density at radius 1 is 1.10 bits per heavy atom. The summed E-state index contributed by atoms with van der Waals surface area (Å²) in [6.45, 7) is 4.27. The Hall–Kier alpha value is -2.65. The van der Waals surface area contributed by atoms with Gasteiger partial charge < -0.3 is 14.5 Å². The third-order valence-corrected chi connectivity index (χ3v) is 7.94. The van der Waals surface area contributed by atoms with Gasteiger partial charge in [0.15, 0.2) is 15.0 Å². The van der Waals surface area contributed by atoms with Crippen LogP contribution in [0.2, 0.25) is 0 Å². The van der Waals surface area contributed by atoms with Crippen molar-refractivity contribution in [2.75, 3.05) is 43.9 Å². The molecule has 0 spiro atoms. The number of carbonyl (C=O) groups excluding carboxylic acids is 1. The Kier molecular flexibility index (Phi) is 5.66. The van der Waals surface area contributed by atoms with Crippen LogP contribution >= 0.6 is 11.3 Å². The number of hydrogen-bond acceptors (Lipinski definition) is 7. The summed E-state index contributed by atoms with van der Waals surface area (Å²) in [6.07, 6.45) is 0. The number of benzene rings is 2. The molecule has 0 atom stereocenters. The molecule has 3 aromatic rings. The van der Waals surface area contributed by atoms with E-state index < -0.39 is 15.6 Å². The Morgan fingerprint density at radius 2 is 1.80 bits per heavy atom. The van der Waals surface area contributed by atoms with E-state index in [9.17, 15) is 13.2 Å². The van der Waals surface area contributed by atoms with E-state index in [0.717, 1.165) is 20.9 Å². The number of sulfone groups is 1. The van der Waals surface area contributed by atoms with E-state index in [1.165, 1.54) is 19.2 Å². The molecule has 9 heteroatoms. The SMILES string of the molecule is COc1ccc(S(=O)(=O)CC(=O)N2CCN(c3nc4c(C)cccc4s3)CC2)cc1. The average molecular weight is 446 g/mol. The zero-order valence-electron chi connectivity index (χ0n) is 16.9. The maximum absolute atomic E-state index is 12.6. The molecule has 1 fully saturated rings. The zero-order chi connectivity index (χ0) is 21.3. The normalized spacial score (nSPS) is 14.9. The summed E-state index contributed by atoms with van der Waals surface area (Å²) in [5, 5.41) is 0.942. The van der Waals surface area contributed by atoms with Gasteiger partial charge in [-0.2, -0.15) is 0 Å². The largest absolute Gasteiger partial charge is 0.497 e. The van der Waals surface area contributed by atoms with Gasteiger partial charge in [0, 0.05) is 26.2 Å². The number of amides is 1. The lowest BCUT2D eigenvalue weighted by Gasteiger charge is -2.34. The molecule has 2 aromatic carbocycles. The van der Waals surface area contributed by atoms with Crippen LogP contribution in [0.4, 0.5) is 5.13 Å². The fourth-order valence-electron chi connectivity index (χ4n) is 3.48.